The number of rotatable bonds is 4. The molecule has 0 bridgehead atoms. The number of Topliss-reactive ketones (excluding diaryl/α,β-unsaturated/α-hetero) is 1. The fraction of sp³-hybridized carbons (Fsp3) is 0.214. The molecular formula is C14H12Br2O3S2. The molecule has 0 fully saturated rings. The number of ketones is 1. The summed E-state index contributed by atoms with van der Waals surface area (Å²) in [5.74, 6) is -0.941. The van der Waals surface area contributed by atoms with Crippen LogP contribution in [0.25, 0.3) is 0 Å². The molecule has 1 aromatic heterocycles. The maximum atomic E-state index is 12.5. The zero-order valence-corrected chi connectivity index (χ0v) is 16.1. The summed E-state index contributed by atoms with van der Waals surface area (Å²) in [6.07, 6.45) is 0. The monoisotopic (exact) mass is 450 g/mol. The fourth-order valence-corrected chi connectivity index (χ4v) is 6.34. The van der Waals surface area contributed by atoms with Gasteiger partial charge in [0.25, 0.3) is 0 Å². The predicted octanol–water partition coefficient (Wildman–Crippen LogP) is 4.55. The lowest BCUT2D eigenvalue weighted by molar-refractivity contribution is 0.102. The largest absolute Gasteiger partial charge is 0.293 e. The topological polar surface area (TPSA) is 51.2 Å². The lowest BCUT2D eigenvalue weighted by atomic mass is 10.2. The van der Waals surface area contributed by atoms with Crippen molar-refractivity contribution in [2.75, 3.05) is 5.75 Å². The number of sulfone groups is 1. The summed E-state index contributed by atoms with van der Waals surface area (Å²) in [4.78, 5) is 12.5. The average Bonchev–Trinajstić information content (AvgIpc) is 2.71. The van der Waals surface area contributed by atoms with Crippen LogP contribution in [-0.2, 0) is 9.84 Å². The third-order valence-corrected chi connectivity index (χ3v) is 7.05. The Kier molecular flexibility index (Phi) is 5.07. The van der Waals surface area contributed by atoms with Gasteiger partial charge >= 0.3 is 0 Å². The van der Waals surface area contributed by atoms with Gasteiger partial charge in [0, 0.05) is 5.56 Å². The highest BCUT2D eigenvalue weighted by atomic mass is 79.9. The van der Waals surface area contributed by atoms with Gasteiger partial charge in [0.05, 0.1) is 12.5 Å². The SMILES string of the molecule is Cc1ccc(C)c(S(=O)(=O)CC(=O)c2cc(Br)sc2Br)c1. The first-order valence-corrected chi connectivity index (χ1v) is 10.0. The summed E-state index contributed by atoms with van der Waals surface area (Å²) in [7, 11) is -3.65. The highest BCUT2D eigenvalue weighted by Gasteiger charge is 2.24. The normalized spacial score (nSPS) is 11.6. The first-order valence-electron chi connectivity index (χ1n) is 5.99. The van der Waals surface area contributed by atoms with Crippen molar-refractivity contribution in [1.29, 1.82) is 0 Å². The van der Waals surface area contributed by atoms with E-state index < -0.39 is 21.4 Å². The number of benzene rings is 1. The van der Waals surface area contributed by atoms with E-state index in [1.165, 1.54) is 11.3 Å². The molecule has 0 unspecified atom stereocenters. The minimum atomic E-state index is -3.65. The van der Waals surface area contributed by atoms with Gasteiger partial charge in [-0.2, -0.15) is 0 Å². The number of carbonyl (C=O) groups is 1. The lowest BCUT2D eigenvalue weighted by Gasteiger charge is -2.08. The minimum absolute atomic E-state index is 0.223. The van der Waals surface area contributed by atoms with Gasteiger partial charge in [-0.25, -0.2) is 8.42 Å². The molecule has 0 aliphatic heterocycles. The van der Waals surface area contributed by atoms with Crippen molar-refractivity contribution in [3.8, 4) is 0 Å². The van der Waals surface area contributed by atoms with Crippen LogP contribution in [0.1, 0.15) is 21.5 Å². The summed E-state index contributed by atoms with van der Waals surface area (Å²) < 4.78 is 26.3. The van der Waals surface area contributed by atoms with Gasteiger partial charge in [-0.05, 0) is 69.0 Å². The quantitative estimate of drug-likeness (QED) is 0.640. The van der Waals surface area contributed by atoms with Gasteiger partial charge in [-0.1, -0.05) is 12.1 Å². The summed E-state index contributed by atoms with van der Waals surface area (Å²) in [6, 6.07) is 6.85. The van der Waals surface area contributed by atoms with E-state index >= 15 is 0 Å². The molecule has 1 aromatic carbocycles. The molecule has 0 aliphatic carbocycles. The third-order valence-electron chi connectivity index (χ3n) is 2.96. The Morgan fingerprint density at radius 3 is 2.43 bits per heavy atom. The Morgan fingerprint density at radius 2 is 1.86 bits per heavy atom. The van der Waals surface area contributed by atoms with Crippen molar-refractivity contribution in [2.45, 2.75) is 18.7 Å². The zero-order valence-electron chi connectivity index (χ0n) is 11.3. The molecular weight excluding hydrogens is 440 g/mol. The average molecular weight is 452 g/mol. The van der Waals surface area contributed by atoms with Gasteiger partial charge in [0.15, 0.2) is 15.6 Å². The van der Waals surface area contributed by atoms with E-state index in [-0.39, 0.29) is 4.90 Å². The maximum absolute atomic E-state index is 12.5. The second-order valence-electron chi connectivity index (χ2n) is 4.69. The van der Waals surface area contributed by atoms with Crippen LogP contribution in [0.5, 0.6) is 0 Å². The van der Waals surface area contributed by atoms with Crippen LogP contribution in [0.15, 0.2) is 36.7 Å². The molecule has 0 saturated heterocycles. The number of aryl methyl sites for hydroxylation is 2. The predicted molar refractivity (Wildman–Crippen MR) is 92.0 cm³/mol. The molecule has 0 N–H and O–H groups in total. The van der Waals surface area contributed by atoms with E-state index in [9.17, 15) is 13.2 Å². The number of thiophene rings is 1. The highest BCUT2D eigenvalue weighted by molar-refractivity contribution is 9.12. The highest BCUT2D eigenvalue weighted by Crippen LogP contribution is 2.32. The summed E-state index contributed by atoms with van der Waals surface area (Å²) in [5.41, 5.74) is 1.89. The Labute approximate surface area is 144 Å². The van der Waals surface area contributed by atoms with Gasteiger partial charge in [0.2, 0.25) is 0 Å². The first-order chi connectivity index (χ1) is 9.70. The van der Waals surface area contributed by atoms with E-state index in [0.29, 0.717) is 14.9 Å². The third kappa shape index (κ3) is 3.83. The van der Waals surface area contributed by atoms with E-state index in [0.717, 1.165) is 9.35 Å². The van der Waals surface area contributed by atoms with Crippen LogP contribution < -0.4 is 0 Å². The van der Waals surface area contributed by atoms with E-state index in [4.69, 9.17) is 0 Å². The Balaban J connectivity index is 2.35. The fourth-order valence-electron chi connectivity index (χ4n) is 1.90. The lowest BCUT2D eigenvalue weighted by Crippen LogP contribution is -2.17. The van der Waals surface area contributed by atoms with Crippen molar-refractivity contribution in [2.24, 2.45) is 0 Å². The standard InChI is InChI=1S/C14H12Br2O3S2/c1-8-3-4-9(2)12(5-8)21(18,19)7-11(17)10-6-13(15)20-14(10)16/h3-6H,7H2,1-2H3. The number of halogens is 2. The smallest absolute Gasteiger partial charge is 0.186 e. The van der Waals surface area contributed by atoms with Crippen molar-refractivity contribution >= 4 is 58.8 Å². The molecule has 7 heteroatoms. The Bertz CT molecular complexity index is 808. The van der Waals surface area contributed by atoms with Gasteiger partial charge < -0.3 is 0 Å². The summed E-state index contributed by atoms with van der Waals surface area (Å²) in [6.45, 7) is 3.56. The van der Waals surface area contributed by atoms with Gasteiger partial charge in [0.1, 0.15) is 5.75 Å². The number of carbonyl (C=O) groups excluding carboxylic acids is 1. The second kappa shape index (κ2) is 6.32. The molecule has 21 heavy (non-hydrogen) atoms. The maximum Gasteiger partial charge on any atom is 0.186 e. The number of hydrogen-bond acceptors (Lipinski definition) is 4. The zero-order chi connectivity index (χ0) is 15.8. The second-order valence-corrected chi connectivity index (χ2v) is 10.4. The summed E-state index contributed by atoms with van der Waals surface area (Å²) in [5, 5.41) is 0. The van der Waals surface area contributed by atoms with Crippen molar-refractivity contribution < 1.29 is 13.2 Å². The number of hydrogen-bond donors (Lipinski definition) is 0. The van der Waals surface area contributed by atoms with Gasteiger partial charge in [-0.15, -0.1) is 11.3 Å². The first kappa shape index (κ1) is 16.9. The van der Waals surface area contributed by atoms with Crippen LogP contribution in [0.4, 0.5) is 0 Å². The van der Waals surface area contributed by atoms with Crippen LogP contribution in [0, 0.1) is 13.8 Å². The van der Waals surface area contributed by atoms with E-state index in [1.807, 2.05) is 13.0 Å². The summed E-state index contributed by atoms with van der Waals surface area (Å²) >= 11 is 7.91. The van der Waals surface area contributed by atoms with Crippen LogP contribution in [-0.4, -0.2) is 20.0 Å². The molecule has 112 valence electrons. The van der Waals surface area contributed by atoms with Crippen molar-refractivity contribution in [1.82, 2.24) is 0 Å². The molecule has 2 rings (SSSR count). The molecule has 0 aliphatic rings. The molecule has 0 amide bonds. The Morgan fingerprint density at radius 1 is 1.19 bits per heavy atom. The Hall–Kier alpha value is -0.500. The van der Waals surface area contributed by atoms with E-state index in [1.54, 1.807) is 25.1 Å². The van der Waals surface area contributed by atoms with Crippen molar-refractivity contribution in [3.05, 3.63) is 48.5 Å². The molecule has 0 radical (unpaired) electrons. The van der Waals surface area contributed by atoms with Crippen LogP contribution in [0.3, 0.4) is 0 Å². The molecule has 0 atom stereocenters. The minimum Gasteiger partial charge on any atom is -0.293 e. The molecule has 2 aromatic rings. The molecule has 3 nitrogen and oxygen atoms in total. The van der Waals surface area contributed by atoms with Crippen molar-refractivity contribution in [3.63, 3.8) is 0 Å². The molecule has 0 spiro atoms. The van der Waals surface area contributed by atoms with Gasteiger partial charge in [-0.3, -0.25) is 4.79 Å². The van der Waals surface area contributed by atoms with E-state index in [2.05, 4.69) is 31.9 Å². The molecule has 0 saturated carbocycles. The molecule has 1 heterocycles. The van der Waals surface area contributed by atoms with Crippen LogP contribution >= 0.6 is 43.2 Å². The van der Waals surface area contributed by atoms with Crippen LogP contribution in [0.2, 0.25) is 0 Å².